The number of hydrogen-bond donors (Lipinski definition) is 7. The van der Waals surface area contributed by atoms with E-state index in [1.165, 1.54) is 83.5 Å². The Labute approximate surface area is 436 Å². The summed E-state index contributed by atoms with van der Waals surface area (Å²) in [6.45, 7) is 6.79. The van der Waals surface area contributed by atoms with Gasteiger partial charge in [-0.1, -0.05) is 168 Å². The monoisotopic (exact) mass is 1050 g/mol. The Morgan fingerprint density at radius 1 is 0.630 bits per heavy atom. The van der Waals surface area contributed by atoms with E-state index < -0.39 is 65.3 Å². The Morgan fingerprint density at radius 3 is 1.81 bits per heavy atom. The third-order valence-electron chi connectivity index (χ3n) is 12.9. The van der Waals surface area contributed by atoms with Crippen LogP contribution >= 0.6 is 0 Å². The van der Waals surface area contributed by atoms with Crippen molar-refractivity contribution in [1.82, 2.24) is 31.6 Å². The third kappa shape index (κ3) is 31.7. The van der Waals surface area contributed by atoms with Gasteiger partial charge in [-0.05, 0) is 43.2 Å². The van der Waals surface area contributed by atoms with Gasteiger partial charge in [0.15, 0.2) is 0 Å². The number of fused-ring (bicyclic) bond motifs is 1. The lowest BCUT2D eigenvalue weighted by Gasteiger charge is -2.24. The highest BCUT2D eigenvalue weighted by atomic mass is 32.3. The number of para-hydroxylation sites is 1. The number of ether oxygens (including phenoxy) is 2. The summed E-state index contributed by atoms with van der Waals surface area (Å²) in [5.74, 6) is -3.62. The predicted molar refractivity (Wildman–Crippen MR) is 285 cm³/mol. The van der Waals surface area contributed by atoms with Gasteiger partial charge in [0.05, 0.1) is 38.8 Å². The van der Waals surface area contributed by atoms with Gasteiger partial charge in [-0.2, -0.15) is 8.42 Å². The van der Waals surface area contributed by atoms with Gasteiger partial charge in [0.2, 0.25) is 29.5 Å². The fraction of sp³-hybridized carbons (Fsp3) is 0.741. The highest BCUT2D eigenvalue weighted by molar-refractivity contribution is 7.80. The summed E-state index contributed by atoms with van der Waals surface area (Å²) in [6, 6.07) is 4.13. The highest BCUT2D eigenvalue weighted by Crippen LogP contribution is 2.19. The summed E-state index contributed by atoms with van der Waals surface area (Å²) < 4.78 is 48.2. The first kappa shape index (κ1) is 64.5. The molecule has 0 aliphatic carbocycles. The molecule has 19 heteroatoms. The molecule has 5 amide bonds. The van der Waals surface area contributed by atoms with Crippen molar-refractivity contribution in [2.75, 3.05) is 39.5 Å². The lowest BCUT2D eigenvalue weighted by Crippen LogP contribution is -2.56. The largest absolute Gasteiger partial charge is 0.466 e. The SMILES string of the molecule is CCCCCCCCCCCCCC(=O)N[C@@H](CNC(=O)[C@H](COS(=O)(=O)O)NC(=O)CNC(=O)[C@@H](NC(=O)Cc1c[nH]c2ccccc12)[C@@H](C)CC)COCCCCOC(=O)CCCCCCCCCCC. The number of esters is 1. The summed E-state index contributed by atoms with van der Waals surface area (Å²) >= 11 is 0. The average Bonchev–Trinajstić information content (AvgIpc) is 3.77. The zero-order valence-corrected chi connectivity index (χ0v) is 45.5. The molecule has 0 spiro atoms. The van der Waals surface area contributed by atoms with Gasteiger partial charge in [0.1, 0.15) is 12.1 Å². The van der Waals surface area contributed by atoms with Crippen LogP contribution in [0.25, 0.3) is 10.9 Å². The Hall–Kier alpha value is -4.59. The topological polar surface area (TPSA) is 260 Å². The van der Waals surface area contributed by atoms with E-state index in [-0.39, 0.29) is 57.0 Å². The maximum Gasteiger partial charge on any atom is 0.397 e. The van der Waals surface area contributed by atoms with Crippen molar-refractivity contribution in [2.24, 2.45) is 5.92 Å². The van der Waals surface area contributed by atoms with Crippen molar-refractivity contribution >= 4 is 56.8 Å². The second-order valence-corrected chi connectivity index (χ2v) is 20.5. The van der Waals surface area contributed by atoms with Crippen LogP contribution in [0.2, 0.25) is 0 Å². The molecule has 0 aliphatic rings. The quantitative estimate of drug-likeness (QED) is 0.0188. The van der Waals surface area contributed by atoms with Crippen LogP contribution in [0.3, 0.4) is 0 Å². The van der Waals surface area contributed by atoms with Crippen LogP contribution in [-0.2, 0) is 59.2 Å². The fourth-order valence-electron chi connectivity index (χ4n) is 8.36. The van der Waals surface area contributed by atoms with Crippen LogP contribution in [0.1, 0.15) is 194 Å². The van der Waals surface area contributed by atoms with Gasteiger partial charge in [0.25, 0.3) is 0 Å². The molecule has 0 saturated heterocycles. The van der Waals surface area contributed by atoms with E-state index in [9.17, 15) is 41.7 Å². The summed E-state index contributed by atoms with van der Waals surface area (Å²) in [7, 11) is -5.04. The fourth-order valence-corrected chi connectivity index (χ4v) is 8.66. The van der Waals surface area contributed by atoms with Crippen molar-refractivity contribution in [1.29, 1.82) is 0 Å². The number of H-pyrrole nitrogens is 1. The van der Waals surface area contributed by atoms with Gasteiger partial charge in [-0.15, -0.1) is 0 Å². The van der Waals surface area contributed by atoms with Gasteiger partial charge >= 0.3 is 16.4 Å². The van der Waals surface area contributed by atoms with Crippen molar-refractivity contribution in [2.45, 2.75) is 213 Å². The number of rotatable bonds is 45. The number of benzene rings is 1. The van der Waals surface area contributed by atoms with Gasteiger partial charge in [-0.25, -0.2) is 4.18 Å². The van der Waals surface area contributed by atoms with Gasteiger partial charge < -0.3 is 41.0 Å². The Balaban J connectivity index is 1.94. The molecule has 0 fully saturated rings. The molecule has 0 radical (unpaired) electrons. The molecule has 4 atom stereocenters. The average molecular weight is 1050 g/mol. The van der Waals surface area contributed by atoms with E-state index in [1.807, 2.05) is 31.2 Å². The first-order valence-electron chi connectivity index (χ1n) is 27.5. The number of aromatic amines is 1. The molecule has 1 aromatic heterocycles. The number of unbranched alkanes of at least 4 members (excludes halogenated alkanes) is 19. The maximum absolute atomic E-state index is 13.5. The zero-order chi connectivity index (χ0) is 53.5. The first-order valence-corrected chi connectivity index (χ1v) is 28.9. The third-order valence-corrected chi connectivity index (χ3v) is 13.4. The van der Waals surface area contributed by atoms with E-state index >= 15 is 0 Å². The number of carbonyl (C=O) groups excluding carboxylic acids is 6. The highest BCUT2D eigenvalue weighted by Gasteiger charge is 2.29. The molecule has 2 aromatic rings. The predicted octanol–water partition coefficient (Wildman–Crippen LogP) is 8.22. The zero-order valence-electron chi connectivity index (χ0n) is 44.7. The minimum absolute atomic E-state index is 0.00289. The molecule has 1 heterocycles. The Kier molecular flexibility index (Phi) is 35.2. The van der Waals surface area contributed by atoms with E-state index in [0.29, 0.717) is 32.1 Å². The van der Waals surface area contributed by atoms with Gasteiger partial charge in [-0.3, -0.25) is 33.3 Å². The molecule has 0 unspecified atom stereocenters. The number of aromatic nitrogens is 1. The van der Waals surface area contributed by atoms with E-state index in [0.717, 1.165) is 55.0 Å². The van der Waals surface area contributed by atoms with Crippen molar-refractivity contribution in [3.63, 3.8) is 0 Å². The lowest BCUT2D eigenvalue weighted by molar-refractivity contribution is -0.144. The van der Waals surface area contributed by atoms with Crippen molar-refractivity contribution in [3.05, 3.63) is 36.0 Å². The van der Waals surface area contributed by atoms with Gasteiger partial charge in [0, 0.05) is 43.1 Å². The summed E-state index contributed by atoms with van der Waals surface area (Å²) in [4.78, 5) is 81.7. The van der Waals surface area contributed by atoms with E-state index in [1.54, 1.807) is 13.1 Å². The van der Waals surface area contributed by atoms with Crippen molar-refractivity contribution in [3.8, 4) is 0 Å². The van der Waals surface area contributed by atoms with Crippen molar-refractivity contribution < 1.29 is 55.4 Å². The molecule has 0 saturated carbocycles. The van der Waals surface area contributed by atoms with Crippen LogP contribution in [0.5, 0.6) is 0 Å². The minimum Gasteiger partial charge on any atom is -0.466 e. The standard InChI is InChI=1S/C54H92N6O12S/c1-5-8-10-12-14-16-17-19-20-22-24-32-48(61)58-44(40-70-34-28-29-35-71-51(64)33-25-23-21-18-15-13-11-9-6-2)38-56-53(65)47(41-72-73(67,68)69)59-50(63)39-57-54(66)52(42(4)7-3)60-49(62)36-43-37-55-46-31-27-26-30-45(43)46/h26-27,30-31,37,42,44,47,52,55H,5-25,28-29,32-36,38-41H2,1-4H3,(H,56,65)(H,57,66)(H,58,61)(H,59,63)(H,60,62)(H,67,68,69)/t42-,44-,47-,52-/m0/s1. The maximum atomic E-state index is 13.5. The van der Waals surface area contributed by atoms with Crippen LogP contribution in [0, 0.1) is 5.92 Å². The number of amides is 5. The smallest absolute Gasteiger partial charge is 0.397 e. The number of hydrogen-bond acceptors (Lipinski definition) is 11. The Morgan fingerprint density at radius 2 is 1.21 bits per heavy atom. The molecule has 73 heavy (non-hydrogen) atoms. The normalized spacial score (nSPS) is 13.2. The number of carbonyl (C=O) groups is 6. The van der Waals surface area contributed by atoms with Crippen LogP contribution < -0.4 is 26.6 Å². The van der Waals surface area contributed by atoms with E-state index in [2.05, 4.69) is 49.6 Å². The van der Waals surface area contributed by atoms with E-state index in [4.69, 9.17) is 9.47 Å². The molecular weight excluding hydrogens is 957 g/mol. The van der Waals surface area contributed by atoms with Crippen LogP contribution in [0.4, 0.5) is 0 Å². The molecular formula is C54H92N6O12S. The molecule has 1 aromatic carbocycles. The second kappa shape index (κ2) is 39.8. The molecule has 0 aliphatic heterocycles. The number of nitrogens with one attached hydrogen (secondary N) is 6. The Bertz CT molecular complexity index is 1980. The lowest BCUT2D eigenvalue weighted by atomic mass is 9.98. The van der Waals surface area contributed by atoms with Crippen LogP contribution in [0.15, 0.2) is 30.5 Å². The molecule has 416 valence electrons. The molecule has 18 nitrogen and oxygen atoms in total. The first-order chi connectivity index (χ1) is 35.2. The second-order valence-electron chi connectivity index (χ2n) is 19.4. The van der Waals surface area contributed by atoms with Crippen LogP contribution in [-0.4, -0.2) is 111 Å². The molecule has 0 bridgehead atoms. The summed E-state index contributed by atoms with van der Waals surface area (Å²) in [5.41, 5.74) is 1.61. The minimum atomic E-state index is -5.04. The molecule has 2 rings (SSSR count). The molecule has 7 N–H and O–H groups in total. The summed E-state index contributed by atoms with van der Waals surface area (Å²) in [5, 5.41) is 14.0. The summed E-state index contributed by atoms with van der Waals surface area (Å²) in [6.07, 6.45) is 27.0.